The topological polar surface area (TPSA) is 27.1 Å². The molecular weight excluding hydrogens is 256 g/mol. The Labute approximate surface area is 106 Å². The molecule has 0 amide bonds. The number of hydrogen-bond acceptors (Lipinski definition) is 2. The number of aryl methyl sites for hydroxylation is 1. The van der Waals surface area contributed by atoms with Crippen molar-refractivity contribution in [2.45, 2.75) is 45.6 Å². The normalized spacial score (nSPS) is 28.7. The second-order valence-electron chi connectivity index (χ2n) is 3.64. The van der Waals surface area contributed by atoms with Crippen LogP contribution in [-0.2, 0) is 11.1 Å². The molecule has 1 aromatic heterocycles. The predicted octanol–water partition coefficient (Wildman–Crippen LogP) is 3.22. The average molecular weight is 278 g/mol. The van der Waals surface area contributed by atoms with E-state index in [2.05, 4.69) is 21.0 Å². The lowest BCUT2D eigenvalue weighted by molar-refractivity contribution is -0.0412. The maximum absolute atomic E-state index is 7.99. The van der Waals surface area contributed by atoms with E-state index in [4.69, 9.17) is 11.6 Å². The van der Waals surface area contributed by atoms with Gasteiger partial charge in [0.2, 0.25) is 0 Å². The summed E-state index contributed by atoms with van der Waals surface area (Å²) in [6.45, 7) is -0.478. The maximum atomic E-state index is 7.99. The van der Waals surface area contributed by atoms with E-state index in [1.54, 1.807) is 6.92 Å². The molecule has 4 heteroatoms. The molecule has 0 saturated carbocycles. The maximum Gasteiger partial charge on any atom is 0.150 e. The number of rotatable bonds is 2. The molecule has 2 heterocycles. The minimum absolute atomic E-state index is 0.0295. The van der Waals surface area contributed by atoms with Gasteiger partial charge in [0, 0.05) is 13.5 Å². The number of halogens is 1. The molecule has 1 saturated heterocycles. The second kappa shape index (κ2) is 4.66. The van der Waals surface area contributed by atoms with Gasteiger partial charge in [0.05, 0.1) is 15.9 Å². The highest BCUT2D eigenvalue weighted by Gasteiger charge is 2.21. The van der Waals surface area contributed by atoms with E-state index >= 15 is 0 Å². The summed E-state index contributed by atoms with van der Waals surface area (Å²) >= 11 is 3.27. The van der Waals surface area contributed by atoms with Crippen molar-refractivity contribution in [3.63, 3.8) is 0 Å². The lowest BCUT2D eigenvalue weighted by atomic mass is 10.2. The van der Waals surface area contributed by atoms with Gasteiger partial charge in [0.15, 0.2) is 6.23 Å². The Bertz CT molecular complexity index is 494. The Hall–Kier alpha value is -0.350. The zero-order chi connectivity index (χ0) is 15.1. The number of hydrogen-bond donors (Lipinski definition) is 0. The van der Waals surface area contributed by atoms with E-state index < -0.39 is 19.5 Å². The van der Waals surface area contributed by atoms with E-state index in [0.717, 1.165) is 12.8 Å². The fourth-order valence-electron chi connectivity index (χ4n) is 1.76. The predicted molar refractivity (Wildman–Crippen MR) is 62.9 cm³/mol. The molecule has 0 aliphatic carbocycles. The van der Waals surface area contributed by atoms with E-state index in [9.17, 15) is 0 Å². The SMILES string of the molecule is [2H]C([2H])([2H])C([2H])([2H])c1c(Br)c(C)nn1C1CCCCO1. The molecule has 1 fully saturated rings. The molecule has 3 nitrogen and oxygen atoms in total. The molecule has 0 N–H and O–H groups in total. The first-order chi connectivity index (χ1) is 9.16. The van der Waals surface area contributed by atoms with Gasteiger partial charge in [-0.1, -0.05) is 6.85 Å². The van der Waals surface area contributed by atoms with Crippen molar-refractivity contribution in [3.8, 4) is 0 Å². The van der Waals surface area contributed by atoms with Gasteiger partial charge in [-0.3, -0.25) is 0 Å². The molecule has 2 rings (SSSR count). The number of aromatic nitrogens is 2. The van der Waals surface area contributed by atoms with Crippen LogP contribution in [0.4, 0.5) is 0 Å². The van der Waals surface area contributed by atoms with Crippen molar-refractivity contribution >= 4 is 15.9 Å². The van der Waals surface area contributed by atoms with Crippen LogP contribution < -0.4 is 0 Å². The standard InChI is InChI=1S/C11H17BrN2O/c1-3-9-11(12)8(2)13-14(9)10-6-4-5-7-15-10/h10H,3-7H2,1-2H3/i1D3,3D2. The highest BCUT2D eigenvalue weighted by Crippen LogP contribution is 2.29. The van der Waals surface area contributed by atoms with E-state index in [1.165, 1.54) is 4.68 Å². The molecule has 0 bridgehead atoms. The molecule has 15 heavy (non-hydrogen) atoms. The smallest absolute Gasteiger partial charge is 0.150 e. The van der Waals surface area contributed by atoms with Crippen LogP contribution in [0.2, 0.25) is 0 Å². The molecule has 0 aromatic carbocycles. The van der Waals surface area contributed by atoms with E-state index in [0.29, 0.717) is 23.2 Å². The zero-order valence-electron chi connectivity index (χ0n) is 13.6. The summed E-state index contributed by atoms with van der Waals surface area (Å²) in [5.74, 6) is 0. The van der Waals surface area contributed by atoms with Gasteiger partial charge >= 0.3 is 0 Å². The third-order valence-corrected chi connectivity index (χ3v) is 3.51. The van der Waals surface area contributed by atoms with Crippen molar-refractivity contribution in [2.24, 2.45) is 0 Å². The minimum Gasteiger partial charge on any atom is -0.357 e. The number of nitrogens with zero attached hydrogens (tertiary/aromatic N) is 2. The molecule has 1 unspecified atom stereocenters. The second-order valence-corrected chi connectivity index (χ2v) is 4.43. The highest BCUT2D eigenvalue weighted by atomic mass is 79.9. The van der Waals surface area contributed by atoms with Crippen LogP contribution in [0, 0.1) is 6.92 Å². The van der Waals surface area contributed by atoms with Crippen LogP contribution in [0.5, 0.6) is 0 Å². The van der Waals surface area contributed by atoms with Gasteiger partial charge < -0.3 is 4.74 Å². The first-order valence-corrected chi connectivity index (χ1v) is 5.82. The van der Waals surface area contributed by atoms with Crippen LogP contribution in [0.25, 0.3) is 0 Å². The first kappa shape index (κ1) is 6.40. The molecule has 1 aromatic rings. The Morgan fingerprint density at radius 3 is 3.27 bits per heavy atom. The van der Waals surface area contributed by atoms with Crippen LogP contribution in [0.15, 0.2) is 4.47 Å². The van der Waals surface area contributed by atoms with Crippen LogP contribution in [0.3, 0.4) is 0 Å². The van der Waals surface area contributed by atoms with E-state index in [-0.39, 0.29) is 5.69 Å². The van der Waals surface area contributed by atoms with Crippen molar-refractivity contribution < 1.29 is 11.6 Å². The Morgan fingerprint density at radius 1 is 1.73 bits per heavy atom. The van der Waals surface area contributed by atoms with Gasteiger partial charge in [0.25, 0.3) is 0 Å². The largest absolute Gasteiger partial charge is 0.357 e. The molecular formula is C11H17BrN2O. The lowest BCUT2D eigenvalue weighted by Gasteiger charge is -2.24. The van der Waals surface area contributed by atoms with Crippen molar-refractivity contribution in [3.05, 3.63) is 15.9 Å². The zero-order valence-corrected chi connectivity index (χ0v) is 10.2. The summed E-state index contributed by atoms with van der Waals surface area (Å²) in [6, 6.07) is 0. The third-order valence-electron chi connectivity index (χ3n) is 2.56. The summed E-state index contributed by atoms with van der Waals surface area (Å²) in [6.07, 6.45) is -0.274. The Balaban J connectivity index is 2.51. The van der Waals surface area contributed by atoms with Gasteiger partial charge in [0.1, 0.15) is 0 Å². The summed E-state index contributed by atoms with van der Waals surface area (Å²) in [5.41, 5.74) is 0.587. The fraction of sp³-hybridized carbons (Fsp3) is 0.727. The molecule has 0 radical (unpaired) electrons. The van der Waals surface area contributed by atoms with Crippen LogP contribution in [0.1, 0.15) is 50.6 Å². The number of ether oxygens (including phenoxy) is 1. The van der Waals surface area contributed by atoms with Crippen molar-refractivity contribution in [2.75, 3.05) is 6.61 Å². The monoisotopic (exact) mass is 277 g/mol. The Morgan fingerprint density at radius 2 is 2.60 bits per heavy atom. The average Bonchev–Trinajstić information content (AvgIpc) is 2.66. The van der Waals surface area contributed by atoms with Gasteiger partial charge in [-0.2, -0.15) is 5.10 Å². The van der Waals surface area contributed by atoms with Crippen LogP contribution >= 0.6 is 15.9 Å². The summed E-state index contributed by atoms with van der Waals surface area (Å²) in [5, 5.41) is 4.27. The fourth-order valence-corrected chi connectivity index (χ4v) is 2.12. The summed E-state index contributed by atoms with van der Waals surface area (Å²) < 4.78 is 45.7. The van der Waals surface area contributed by atoms with Crippen molar-refractivity contribution in [1.29, 1.82) is 0 Å². The first-order valence-electron chi connectivity index (χ1n) is 7.53. The van der Waals surface area contributed by atoms with E-state index in [1.807, 2.05) is 0 Å². The van der Waals surface area contributed by atoms with Crippen LogP contribution in [-0.4, -0.2) is 16.4 Å². The quantitative estimate of drug-likeness (QED) is 0.830. The molecule has 1 aliphatic rings. The van der Waals surface area contributed by atoms with Gasteiger partial charge in [-0.25, -0.2) is 4.68 Å². The third kappa shape index (κ3) is 2.11. The minimum atomic E-state index is -2.77. The van der Waals surface area contributed by atoms with Crippen molar-refractivity contribution in [1.82, 2.24) is 9.78 Å². The molecule has 1 aliphatic heterocycles. The molecule has 0 spiro atoms. The highest BCUT2D eigenvalue weighted by molar-refractivity contribution is 9.10. The van der Waals surface area contributed by atoms with Gasteiger partial charge in [-0.15, -0.1) is 0 Å². The summed E-state index contributed by atoms with van der Waals surface area (Å²) in [4.78, 5) is 0. The van der Waals surface area contributed by atoms with Gasteiger partial charge in [-0.05, 0) is 48.5 Å². The molecule has 1 atom stereocenters. The Kier molecular flexibility index (Phi) is 1.99. The molecule has 84 valence electrons. The lowest BCUT2D eigenvalue weighted by Crippen LogP contribution is -2.20. The summed E-state index contributed by atoms with van der Waals surface area (Å²) in [7, 11) is 0.